The summed E-state index contributed by atoms with van der Waals surface area (Å²) in [5, 5.41) is 0. The van der Waals surface area contributed by atoms with Crippen LogP contribution in [0.1, 0.15) is 42.1 Å². The lowest BCUT2D eigenvalue weighted by Crippen LogP contribution is -2.49. The van der Waals surface area contributed by atoms with Gasteiger partial charge in [-0.3, -0.25) is 9.69 Å². The normalized spacial score (nSPS) is 16.5. The van der Waals surface area contributed by atoms with Gasteiger partial charge in [-0.15, -0.1) is 0 Å². The summed E-state index contributed by atoms with van der Waals surface area (Å²) in [6, 6.07) is 2.04. The second-order valence-electron chi connectivity index (χ2n) is 6.03. The number of halogens is 4. The third-order valence-corrected chi connectivity index (χ3v) is 4.25. The number of alkyl halides is 3. The van der Waals surface area contributed by atoms with Crippen LogP contribution in [0.2, 0.25) is 0 Å². The van der Waals surface area contributed by atoms with E-state index in [2.05, 4.69) is 11.8 Å². The quantitative estimate of drug-likeness (QED) is 0.598. The molecule has 1 saturated heterocycles. The monoisotopic (exact) mass is 346 g/mol. The summed E-state index contributed by atoms with van der Waals surface area (Å²) in [5.41, 5.74) is -1.69. The predicted molar refractivity (Wildman–Crippen MR) is 83.3 cm³/mol. The largest absolute Gasteiger partial charge is 0.417 e. The number of hydrogen-bond acceptors (Lipinski definition) is 2. The highest BCUT2D eigenvalue weighted by molar-refractivity contribution is 5.96. The molecule has 1 fully saturated rings. The van der Waals surface area contributed by atoms with Gasteiger partial charge in [0.2, 0.25) is 0 Å². The summed E-state index contributed by atoms with van der Waals surface area (Å²) in [6.45, 7) is 5.03. The van der Waals surface area contributed by atoms with Crippen molar-refractivity contribution in [2.45, 2.75) is 32.4 Å². The summed E-state index contributed by atoms with van der Waals surface area (Å²) < 4.78 is 52.5. The number of benzene rings is 1. The van der Waals surface area contributed by atoms with Gasteiger partial charge in [0.1, 0.15) is 5.82 Å². The lowest BCUT2D eigenvalue weighted by atomic mass is 10.0. The second-order valence-corrected chi connectivity index (χ2v) is 6.03. The van der Waals surface area contributed by atoms with E-state index in [0.29, 0.717) is 38.3 Å². The van der Waals surface area contributed by atoms with Crippen LogP contribution >= 0.6 is 0 Å². The minimum atomic E-state index is -4.68. The van der Waals surface area contributed by atoms with Crippen molar-refractivity contribution in [2.75, 3.05) is 32.7 Å². The summed E-state index contributed by atoms with van der Waals surface area (Å²) in [5.74, 6) is -1.60. The topological polar surface area (TPSA) is 23.6 Å². The van der Waals surface area contributed by atoms with Crippen molar-refractivity contribution in [3.05, 3.63) is 35.1 Å². The van der Waals surface area contributed by atoms with Crippen molar-refractivity contribution in [1.82, 2.24) is 9.80 Å². The maximum Gasteiger partial charge on any atom is 0.417 e. The Morgan fingerprint density at radius 2 is 1.79 bits per heavy atom. The molecule has 7 heteroatoms. The molecular formula is C17H22F4N2O. The van der Waals surface area contributed by atoms with E-state index in [-0.39, 0.29) is 0 Å². The van der Waals surface area contributed by atoms with Crippen LogP contribution < -0.4 is 0 Å². The lowest BCUT2D eigenvalue weighted by Gasteiger charge is -2.35. The molecule has 0 aliphatic carbocycles. The van der Waals surface area contributed by atoms with E-state index in [1.165, 1.54) is 4.90 Å². The molecule has 2 rings (SSSR count). The highest BCUT2D eigenvalue weighted by Crippen LogP contribution is 2.33. The van der Waals surface area contributed by atoms with Gasteiger partial charge in [0.15, 0.2) is 0 Å². The van der Waals surface area contributed by atoms with Crippen molar-refractivity contribution in [3.63, 3.8) is 0 Å². The van der Waals surface area contributed by atoms with Crippen LogP contribution in [0.5, 0.6) is 0 Å². The molecule has 0 bridgehead atoms. The molecule has 0 atom stereocenters. The fraction of sp³-hybridized carbons (Fsp3) is 0.588. The molecule has 0 unspecified atom stereocenters. The van der Waals surface area contributed by atoms with Gasteiger partial charge in [-0.2, -0.15) is 13.2 Å². The predicted octanol–water partition coefficient (Wildman–Crippen LogP) is 3.79. The molecule has 1 aromatic rings. The molecule has 134 valence electrons. The Kier molecular flexibility index (Phi) is 6.21. The average molecular weight is 346 g/mol. The van der Waals surface area contributed by atoms with E-state index in [0.717, 1.165) is 31.9 Å². The highest BCUT2D eigenvalue weighted by Gasteiger charge is 2.36. The van der Waals surface area contributed by atoms with Crippen LogP contribution in [-0.2, 0) is 6.18 Å². The molecule has 0 spiro atoms. The van der Waals surface area contributed by atoms with Crippen LogP contribution in [0.15, 0.2) is 18.2 Å². The average Bonchev–Trinajstić information content (AvgIpc) is 2.54. The van der Waals surface area contributed by atoms with E-state index in [4.69, 9.17) is 0 Å². The number of unbranched alkanes of at least 4 members (excludes halogenated alkanes) is 2. The van der Waals surface area contributed by atoms with Crippen LogP contribution in [0.4, 0.5) is 17.6 Å². The van der Waals surface area contributed by atoms with Crippen LogP contribution in [0.25, 0.3) is 0 Å². The van der Waals surface area contributed by atoms with Gasteiger partial charge in [-0.25, -0.2) is 4.39 Å². The number of carbonyl (C=O) groups is 1. The first-order chi connectivity index (χ1) is 11.3. The summed E-state index contributed by atoms with van der Waals surface area (Å²) >= 11 is 0. The summed E-state index contributed by atoms with van der Waals surface area (Å²) in [6.07, 6.45) is -1.34. The zero-order valence-electron chi connectivity index (χ0n) is 13.7. The van der Waals surface area contributed by atoms with Gasteiger partial charge in [-0.1, -0.05) is 19.8 Å². The van der Waals surface area contributed by atoms with Crippen molar-refractivity contribution < 1.29 is 22.4 Å². The Balaban J connectivity index is 2.04. The number of nitrogens with zero attached hydrogens (tertiary/aromatic N) is 2. The SMILES string of the molecule is CCCCCN1CCN(C(=O)c2cc(F)ccc2C(F)(F)F)CC1. The smallest absolute Gasteiger partial charge is 0.336 e. The summed E-state index contributed by atoms with van der Waals surface area (Å²) in [7, 11) is 0. The molecule has 24 heavy (non-hydrogen) atoms. The van der Waals surface area contributed by atoms with E-state index >= 15 is 0 Å². The Bertz CT molecular complexity index is 566. The standard InChI is InChI=1S/C17H22F4N2O/c1-2-3-4-7-22-8-10-23(11-9-22)16(24)14-12-13(18)5-6-15(14)17(19,20)21/h5-6,12H,2-4,7-11H2,1H3. The fourth-order valence-corrected chi connectivity index (χ4v) is 2.87. The molecule has 3 nitrogen and oxygen atoms in total. The van der Waals surface area contributed by atoms with Gasteiger partial charge in [0.25, 0.3) is 5.91 Å². The molecule has 1 aliphatic rings. The number of rotatable bonds is 5. The molecule has 0 saturated carbocycles. The van der Waals surface area contributed by atoms with Crippen molar-refractivity contribution in [2.24, 2.45) is 0 Å². The molecule has 1 aliphatic heterocycles. The first-order valence-corrected chi connectivity index (χ1v) is 8.21. The van der Waals surface area contributed by atoms with Gasteiger partial charge in [0, 0.05) is 26.2 Å². The number of piperazine rings is 1. The third kappa shape index (κ3) is 4.69. The first-order valence-electron chi connectivity index (χ1n) is 8.21. The minimum absolute atomic E-state index is 0.360. The molecule has 1 amide bonds. The van der Waals surface area contributed by atoms with E-state index < -0.39 is 29.0 Å². The Labute approximate surface area is 139 Å². The maximum absolute atomic E-state index is 13.4. The third-order valence-electron chi connectivity index (χ3n) is 4.25. The number of amides is 1. The Morgan fingerprint density at radius 3 is 2.38 bits per heavy atom. The number of carbonyl (C=O) groups excluding carboxylic acids is 1. The van der Waals surface area contributed by atoms with Crippen molar-refractivity contribution >= 4 is 5.91 Å². The van der Waals surface area contributed by atoms with Gasteiger partial charge >= 0.3 is 6.18 Å². The minimum Gasteiger partial charge on any atom is -0.336 e. The molecule has 0 radical (unpaired) electrons. The van der Waals surface area contributed by atoms with Gasteiger partial charge in [-0.05, 0) is 31.2 Å². The van der Waals surface area contributed by atoms with E-state index in [1.807, 2.05) is 0 Å². The van der Waals surface area contributed by atoms with Crippen molar-refractivity contribution in [1.29, 1.82) is 0 Å². The summed E-state index contributed by atoms with van der Waals surface area (Å²) in [4.78, 5) is 16.0. The molecule has 1 heterocycles. The fourth-order valence-electron chi connectivity index (χ4n) is 2.87. The number of hydrogen-bond donors (Lipinski definition) is 0. The Hall–Kier alpha value is -1.63. The zero-order chi connectivity index (χ0) is 17.7. The van der Waals surface area contributed by atoms with Crippen LogP contribution in [0, 0.1) is 5.82 Å². The van der Waals surface area contributed by atoms with Gasteiger partial charge < -0.3 is 4.90 Å². The molecule has 0 aromatic heterocycles. The highest BCUT2D eigenvalue weighted by atomic mass is 19.4. The van der Waals surface area contributed by atoms with Crippen molar-refractivity contribution in [3.8, 4) is 0 Å². The lowest BCUT2D eigenvalue weighted by molar-refractivity contribution is -0.138. The first kappa shape index (κ1) is 18.7. The van der Waals surface area contributed by atoms with Gasteiger partial charge in [0.05, 0.1) is 11.1 Å². The van der Waals surface area contributed by atoms with E-state index in [9.17, 15) is 22.4 Å². The molecule has 0 N–H and O–H groups in total. The molecule has 1 aromatic carbocycles. The second kappa shape index (κ2) is 7.96. The van der Waals surface area contributed by atoms with E-state index in [1.54, 1.807) is 0 Å². The Morgan fingerprint density at radius 1 is 1.12 bits per heavy atom. The maximum atomic E-state index is 13.4. The zero-order valence-corrected chi connectivity index (χ0v) is 13.7. The molecular weight excluding hydrogens is 324 g/mol. The van der Waals surface area contributed by atoms with Crippen LogP contribution in [-0.4, -0.2) is 48.4 Å². The van der Waals surface area contributed by atoms with Crippen LogP contribution in [0.3, 0.4) is 0 Å².